The number of anilines is 1. The number of nitrogen functional groups attached to an aromatic ring is 1. The van der Waals surface area contributed by atoms with Crippen molar-refractivity contribution in [2.45, 2.75) is 58.4 Å². The van der Waals surface area contributed by atoms with Crippen LogP contribution in [0.15, 0.2) is 0 Å². The van der Waals surface area contributed by atoms with Crippen molar-refractivity contribution in [2.75, 3.05) is 31.9 Å². The third kappa shape index (κ3) is 3.86. The average Bonchev–Trinajstić information content (AvgIpc) is 2.95. The zero-order valence-electron chi connectivity index (χ0n) is 14.9. The summed E-state index contributed by atoms with van der Waals surface area (Å²) in [5.74, 6) is 0.464. The standard InChI is InChI=1S/C18H29N5O/c1-13-16(14(2)21-18(19)20-13)12-17(24)23-9-5-8-22(10-11-23)15-6-3-4-7-15/h15H,3-12H2,1-2H3,(H2,19,20,21). The van der Waals surface area contributed by atoms with Gasteiger partial charge in [0.25, 0.3) is 0 Å². The maximum Gasteiger partial charge on any atom is 0.227 e. The average molecular weight is 331 g/mol. The van der Waals surface area contributed by atoms with Crippen molar-refractivity contribution in [1.82, 2.24) is 19.8 Å². The summed E-state index contributed by atoms with van der Waals surface area (Å²) in [6, 6.07) is 0.745. The van der Waals surface area contributed by atoms with E-state index in [-0.39, 0.29) is 11.9 Å². The second kappa shape index (κ2) is 7.47. The van der Waals surface area contributed by atoms with Crippen molar-refractivity contribution in [3.8, 4) is 0 Å². The van der Waals surface area contributed by atoms with Gasteiger partial charge < -0.3 is 10.6 Å². The molecule has 6 heteroatoms. The molecule has 132 valence electrons. The van der Waals surface area contributed by atoms with E-state index < -0.39 is 0 Å². The Labute approximate surface area is 144 Å². The van der Waals surface area contributed by atoms with Crippen LogP contribution in [0.1, 0.15) is 49.1 Å². The highest BCUT2D eigenvalue weighted by Gasteiger charge is 2.26. The fraction of sp³-hybridized carbons (Fsp3) is 0.722. The van der Waals surface area contributed by atoms with Crippen LogP contribution in [0.2, 0.25) is 0 Å². The number of aryl methyl sites for hydroxylation is 2. The molecule has 1 saturated heterocycles. The Bertz CT molecular complexity index is 574. The molecular weight excluding hydrogens is 302 g/mol. The van der Waals surface area contributed by atoms with Gasteiger partial charge in [-0.15, -0.1) is 0 Å². The Morgan fingerprint density at radius 3 is 2.38 bits per heavy atom. The van der Waals surface area contributed by atoms with Crippen LogP contribution < -0.4 is 5.73 Å². The number of carbonyl (C=O) groups is 1. The van der Waals surface area contributed by atoms with E-state index in [2.05, 4.69) is 14.9 Å². The molecule has 0 spiro atoms. The van der Waals surface area contributed by atoms with Crippen molar-refractivity contribution >= 4 is 11.9 Å². The molecule has 3 rings (SSSR count). The van der Waals surface area contributed by atoms with Gasteiger partial charge in [0.1, 0.15) is 0 Å². The van der Waals surface area contributed by atoms with Crippen molar-refractivity contribution in [1.29, 1.82) is 0 Å². The molecule has 0 unspecified atom stereocenters. The number of amides is 1. The summed E-state index contributed by atoms with van der Waals surface area (Å²) in [5.41, 5.74) is 8.23. The molecule has 1 aliphatic carbocycles. The number of aromatic nitrogens is 2. The summed E-state index contributed by atoms with van der Waals surface area (Å²) < 4.78 is 0. The Morgan fingerprint density at radius 2 is 1.71 bits per heavy atom. The predicted octanol–water partition coefficient (Wildman–Crippen LogP) is 1.70. The summed E-state index contributed by atoms with van der Waals surface area (Å²) in [7, 11) is 0. The molecular formula is C18H29N5O. The zero-order valence-corrected chi connectivity index (χ0v) is 14.9. The van der Waals surface area contributed by atoms with Gasteiger partial charge in [0.05, 0.1) is 6.42 Å². The highest BCUT2D eigenvalue weighted by Crippen LogP contribution is 2.24. The fourth-order valence-corrected chi connectivity index (χ4v) is 4.11. The van der Waals surface area contributed by atoms with Crippen molar-refractivity contribution in [3.05, 3.63) is 17.0 Å². The Morgan fingerprint density at radius 1 is 1.04 bits per heavy atom. The maximum absolute atomic E-state index is 12.8. The summed E-state index contributed by atoms with van der Waals surface area (Å²) in [4.78, 5) is 25.8. The molecule has 2 heterocycles. The second-order valence-corrected chi connectivity index (χ2v) is 7.12. The third-order valence-electron chi connectivity index (χ3n) is 5.49. The number of carbonyl (C=O) groups excluding carboxylic acids is 1. The number of nitrogens with zero attached hydrogens (tertiary/aromatic N) is 4. The number of hydrogen-bond acceptors (Lipinski definition) is 5. The molecule has 2 aliphatic rings. The SMILES string of the molecule is Cc1nc(N)nc(C)c1CC(=O)N1CCCN(C2CCCC2)CC1. The molecule has 0 bridgehead atoms. The van der Waals surface area contributed by atoms with E-state index >= 15 is 0 Å². The van der Waals surface area contributed by atoms with E-state index in [9.17, 15) is 4.79 Å². The smallest absolute Gasteiger partial charge is 0.227 e. The molecule has 1 saturated carbocycles. The highest BCUT2D eigenvalue weighted by atomic mass is 16.2. The first kappa shape index (κ1) is 17.1. The van der Waals surface area contributed by atoms with Crippen LogP contribution in [0.4, 0.5) is 5.95 Å². The first-order valence-electron chi connectivity index (χ1n) is 9.16. The number of hydrogen-bond donors (Lipinski definition) is 1. The first-order valence-corrected chi connectivity index (χ1v) is 9.16. The lowest BCUT2D eigenvalue weighted by molar-refractivity contribution is -0.130. The summed E-state index contributed by atoms with van der Waals surface area (Å²) >= 11 is 0. The number of rotatable bonds is 3. The van der Waals surface area contributed by atoms with Crippen molar-refractivity contribution < 1.29 is 4.79 Å². The van der Waals surface area contributed by atoms with Crippen LogP contribution in [-0.2, 0) is 11.2 Å². The largest absolute Gasteiger partial charge is 0.368 e. The van der Waals surface area contributed by atoms with Gasteiger partial charge in [0, 0.05) is 49.2 Å². The molecule has 6 nitrogen and oxygen atoms in total. The van der Waals surface area contributed by atoms with Gasteiger partial charge in [-0.25, -0.2) is 9.97 Å². The van der Waals surface area contributed by atoms with Gasteiger partial charge in [-0.3, -0.25) is 9.69 Å². The molecule has 1 aromatic heterocycles. The zero-order chi connectivity index (χ0) is 17.1. The van der Waals surface area contributed by atoms with E-state index in [0.717, 1.165) is 55.6 Å². The molecule has 1 amide bonds. The topological polar surface area (TPSA) is 75.3 Å². The van der Waals surface area contributed by atoms with Gasteiger partial charge in [-0.05, 0) is 33.1 Å². The minimum absolute atomic E-state index is 0.183. The van der Waals surface area contributed by atoms with Gasteiger partial charge in [0.2, 0.25) is 11.9 Å². The first-order chi connectivity index (χ1) is 11.5. The lowest BCUT2D eigenvalue weighted by atomic mass is 10.1. The maximum atomic E-state index is 12.8. The molecule has 24 heavy (non-hydrogen) atoms. The quantitative estimate of drug-likeness (QED) is 0.912. The Kier molecular flexibility index (Phi) is 5.33. The van der Waals surface area contributed by atoms with Crippen LogP contribution in [0, 0.1) is 13.8 Å². The Balaban J connectivity index is 1.61. The number of nitrogens with two attached hydrogens (primary N) is 1. The molecule has 1 aliphatic heterocycles. The van der Waals surface area contributed by atoms with Gasteiger partial charge in [-0.1, -0.05) is 12.8 Å². The summed E-state index contributed by atoms with van der Waals surface area (Å²) in [6.45, 7) is 7.62. The second-order valence-electron chi connectivity index (χ2n) is 7.12. The predicted molar refractivity (Wildman–Crippen MR) is 94.6 cm³/mol. The summed E-state index contributed by atoms with van der Waals surface area (Å²) in [5, 5.41) is 0. The van der Waals surface area contributed by atoms with Gasteiger partial charge in [0.15, 0.2) is 0 Å². The molecule has 0 atom stereocenters. The van der Waals surface area contributed by atoms with Gasteiger partial charge >= 0.3 is 0 Å². The molecule has 1 aromatic rings. The van der Waals surface area contributed by atoms with Gasteiger partial charge in [-0.2, -0.15) is 0 Å². The van der Waals surface area contributed by atoms with Crippen LogP contribution in [0.25, 0.3) is 0 Å². The van der Waals surface area contributed by atoms with Crippen LogP contribution in [-0.4, -0.2) is 57.9 Å². The van der Waals surface area contributed by atoms with Crippen LogP contribution >= 0.6 is 0 Å². The van der Waals surface area contributed by atoms with E-state index in [1.807, 2.05) is 18.7 Å². The fourth-order valence-electron chi connectivity index (χ4n) is 4.11. The summed E-state index contributed by atoms with van der Waals surface area (Å²) in [6.07, 6.45) is 6.82. The molecule has 0 aromatic carbocycles. The van der Waals surface area contributed by atoms with E-state index in [4.69, 9.17) is 5.73 Å². The normalized spacial score (nSPS) is 20.3. The highest BCUT2D eigenvalue weighted by molar-refractivity contribution is 5.79. The van der Waals surface area contributed by atoms with E-state index in [1.54, 1.807) is 0 Å². The van der Waals surface area contributed by atoms with Crippen molar-refractivity contribution in [2.24, 2.45) is 0 Å². The monoisotopic (exact) mass is 331 g/mol. The van der Waals surface area contributed by atoms with E-state index in [1.165, 1.54) is 25.7 Å². The minimum Gasteiger partial charge on any atom is -0.368 e. The molecule has 2 N–H and O–H groups in total. The molecule has 2 fully saturated rings. The van der Waals surface area contributed by atoms with Crippen LogP contribution in [0.5, 0.6) is 0 Å². The lowest BCUT2D eigenvalue weighted by Crippen LogP contribution is -2.39. The third-order valence-corrected chi connectivity index (χ3v) is 5.49. The van der Waals surface area contributed by atoms with Crippen LogP contribution in [0.3, 0.4) is 0 Å². The minimum atomic E-state index is 0.183. The van der Waals surface area contributed by atoms with Crippen molar-refractivity contribution in [3.63, 3.8) is 0 Å². The lowest BCUT2D eigenvalue weighted by Gasteiger charge is -2.27. The molecule has 0 radical (unpaired) electrons. The Hall–Kier alpha value is -1.69. The van der Waals surface area contributed by atoms with E-state index in [0.29, 0.717) is 6.42 Å².